The highest BCUT2D eigenvalue weighted by Crippen LogP contribution is 2.42. The van der Waals surface area contributed by atoms with Crippen LogP contribution in [0.5, 0.6) is 0 Å². The molecule has 0 aliphatic heterocycles. The summed E-state index contributed by atoms with van der Waals surface area (Å²) >= 11 is 0. The van der Waals surface area contributed by atoms with Crippen LogP contribution in [0.4, 0.5) is 0 Å². The predicted octanol–water partition coefficient (Wildman–Crippen LogP) is 1.91. The lowest BCUT2D eigenvalue weighted by Gasteiger charge is -2.11. The molecular weight excluding hydrogens is 291 g/mol. The molecule has 4 nitrogen and oxygen atoms in total. The number of benzene rings is 1. The monoisotopic (exact) mass is 306 g/mol. The van der Waals surface area contributed by atoms with Gasteiger partial charge >= 0.3 is 0 Å². The van der Waals surface area contributed by atoms with Crippen LogP contribution >= 0.6 is 17.9 Å². The van der Waals surface area contributed by atoms with E-state index in [4.69, 9.17) is 0 Å². The lowest BCUT2D eigenvalue weighted by atomic mass is 10.4. The van der Waals surface area contributed by atoms with E-state index in [9.17, 15) is 17.8 Å². The Hall–Kier alpha value is -0.580. The Kier molecular flexibility index (Phi) is 5.20. The van der Waals surface area contributed by atoms with Crippen LogP contribution in [0.25, 0.3) is 0 Å². The second kappa shape index (κ2) is 6.04. The minimum Gasteiger partial charge on any atom is -0.311 e. The molecule has 0 aliphatic carbocycles. The van der Waals surface area contributed by atoms with E-state index in [1.54, 1.807) is 30.3 Å². The molecule has 0 fully saturated rings. The van der Waals surface area contributed by atoms with Crippen LogP contribution in [0.15, 0.2) is 30.3 Å². The third kappa shape index (κ3) is 3.97. The second-order valence-electron chi connectivity index (χ2n) is 3.83. The van der Waals surface area contributed by atoms with Crippen molar-refractivity contribution >= 4 is 37.6 Å². The van der Waals surface area contributed by atoms with Crippen molar-refractivity contribution in [3.05, 3.63) is 30.3 Å². The van der Waals surface area contributed by atoms with Crippen molar-refractivity contribution < 1.29 is 17.8 Å². The van der Waals surface area contributed by atoms with E-state index >= 15 is 0 Å². The third-order valence-corrected chi connectivity index (χ3v) is 8.24. The van der Waals surface area contributed by atoms with Crippen LogP contribution in [-0.2, 0) is 18.2 Å². The Bertz CT molecular complexity index is 566. The summed E-state index contributed by atoms with van der Waals surface area (Å²) in [6.07, 6.45) is 1.24. The first-order chi connectivity index (χ1) is 8.29. The molecule has 0 amide bonds. The second-order valence-corrected chi connectivity index (χ2v) is 11.1. The lowest BCUT2D eigenvalue weighted by Crippen LogP contribution is -2.14. The first-order valence-electron chi connectivity index (χ1n) is 5.24. The van der Waals surface area contributed by atoms with Gasteiger partial charge in [-0.1, -0.05) is 30.3 Å². The van der Waals surface area contributed by atoms with Crippen LogP contribution in [0, 0.1) is 0 Å². The number of carbonyl (C=O) groups is 1. The third-order valence-electron chi connectivity index (χ3n) is 2.54. The molecule has 1 unspecified atom stereocenters. The number of carbonyl (C=O) groups excluding carboxylic acids is 1. The van der Waals surface area contributed by atoms with E-state index in [0.29, 0.717) is 16.1 Å². The maximum atomic E-state index is 12.4. The van der Waals surface area contributed by atoms with Gasteiger partial charge in [-0.15, -0.1) is 0 Å². The minimum absolute atomic E-state index is 0.203. The van der Waals surface area contributed by atoms with Gasteiger partial charge in [-0.05, 0) is 23.7 Å². The van der Waals surface area contributed by atoms with Crippen LogP contribution in [0.2, 0.25) is 0 Å². The van der Waals surface area contributed by atoms with Gasteiger partial charge in [0.1, 0.15) is 0 Å². The SMILES string of the molecule is CSS(=O)(=O)CCC(=O)P(C)(=O)c1ccccc1. The van der Waals surface area contributed by atoms with Crippen molar-refractivity contribution in [2.45, 2.75) is 6.42 Å². The summed E-state index contributed by atoms with van der Waals surface area (Å²) in [5.74, 6) is -0.266. The topological polar surface area (TPSA) is 68.3 Å². The van der Waals surface area contributed by atoms with Crippen LogP contribution in [-0.4, -0.2) is 32.6 Å². The molecule has 1 aromatic rings. The maximum Gasteiger partial charge on any atom is 0.201 e. The van der Waals surface area contributed by atoms with Crippen molar-refractivity contribution in [1.29, 1.82) is 0 Å². The van der Waals surface area contributed by atoms with Gasteiger partial charge in [0.25, 0.3) is 0 Å². The van der Waals surface area contributed by atoms with Gasteiger partial charge in [-0.25, -0.2) is 8.42 Å². The molecule has 0 saturated heterocycles. The predicted molar refractivity (Wildman–Crippen MR) is 76.5 cm³/mol. The molecular formula is C11H15O4PS2. The Morgan fingerprint density at radius 1 is 1.28 bits per heavy atom. The molecule has 0 bridgehead atoms. The average molecular weight is 306 g/mol. The Balaban J connectivity index is 2.82. The molecule has 0 radical (unpaired) electrons. The van der Waals surface area contributed by atoms with Crippen LogP contribution in [0.1, 0.15) is 6.42 Å². The molecule has 0 spiro atoms. The first-order valence-corrected chi connectivity index (χ1v) is 10.8. The zero-order chi connectivity index (χ0) is 13.8. The summed E-state index contributed by atoms with van der Waals surface area (Å²) in [6, 6.07) is 8.43. The van der Waals surface area contributed by atoms with E-state index in [0.717, 1.165) is 0 Å². The Labute approximate surface area is 111 Å². The summed E-state index contributed by atoms with van der Waals surface area (Å²) in [5, 5.41) is 0.469. The molecule has 0 heterocycles. The molecule has 0 aromatic heterocycles. The van der Waals surface area contributed by atoms with Crippen molar-refractivity contribution in [3.63, 3.8) is 0 Å². The molecule has 0 N–H and O–H groups in total. The smallest absolute Gasteiger partial charge is 0.201 e. The standard InChI is InChI=1S/C11H15O4PS2/c1-16(13,10-6-4-3-5-7-10)11(12)8-9-18(14,15)17-2/h3-7H,8-9H2,1-2H3. The highest BCUT2D eigenvalue weighted by molar-refractivity contribution is 8.71. The molecule has 7 heteroatoms. The highest BCUT2D eigenvalue weighted by Gasteiger charge is 2.28. The Morgan fingerprint density at radius 3 is 2.33 bits per heavy atom. The Morgan fingerprint density at radius 2 is 1.83 bits per heavy atom. The zero-order valence-corrected chi connectivity index (χ0v) is 12.7. The van der Waals surface area contributed by atoms with Gasteiger partial charge in [-0.2, -0.15) is 0 Å². The average Bonchev–Trinajstić information content (AvgIpc) is 2.37. The molecule has 1 atom stereocenters. The molecule has 1 aromatic carbocycles. The van der Waals surface area contributed by atoms with Crippen LogP contribution < -0.4 is 5.30 Å². The van der Waals surface area contributed by atoms with Gasteiger partial charge in [0.15, 0.2) is 12.7 Å². The van der Waals surface area contributed by atoms with E-state index < -0.39 is 21.5 Å². The minimum atomic E-state index is -3.28. The largest absolute Gasteiger partial charge is 0.311 e. The van der Waals surface area contributed by atoms with Crippen molar-refractivity contribution in [1.82, 2.24) is 0 Å². The summed E-state index contributed by atoms with van der Waals surface area (Å²) in [4.78, 5) is 11.9. The molecule has 0 saturated carbocycles. The van der Waals surface area contributed by atoms with E-state index in [-0.39, 0.29) is 12.2 Å². The highest BCUT2D eigenvalue weighted by atomic mass is 33.1. The van der Waals surface area contributed by atoms with Crippen LogP contribution in [0.3, 0.4) is 0 Å². The van der Waals surface area contributed by atoms with Crippen molar-refractivity contribution in [2.75, 3.05) is 18.7 Å². The van der Waals surface area contributed by atoms with E-state index in [1.807, 2.05) is 0 Å². The summed E-state index contributed by atoms with van der Waals surface area (Å²) in [7, 11) is -5.72. The van der Waals surface area contributed by atoms with Crippen molar-refractivity contribution in [2.24, 2.45) is 0 Å². The van der Waals surface area contributed by atoms with Crippen molar-refractivity contribution in [3.8, 4) is 0 Å². The zero-order valence-electron chi connectivity index (χ0n) is 10.2. The van der Waals surface area contributed by atoms with Gasteiger partial charge in [-0.3, -0.25) is 4.79 Å². The molecule has 18 heavy (non-hydrogen) atoms. The van der Waals surface area contributed by atoms with E-state index in [2.05, 4.69) is 0 Å². The van der Waals surface area contributed by atoms with E-state index in [1.165, 1.54) is 12.9 Å². The maximum absolute atomic E-state index is 12.4. The van der Waals surface area contributed by atoms with Gasteiger partial charge in [0.2, 0.25) is 8.87 Å². The quantitative estimate of drug-likeness (QED) is 0.593. The van der Waals surface area contributed by atoms with Gasteiger partial charge < -0.3 is 4.57 Å². The normalized spacial score (nSPS) is 15.0. The molecule has 0 aliphatic rings. The summed E-state index contributed by atoms with van der Waals surface area (Å²) in [5.41, 5.74) is -0.494. The summed E-state index contributed by atoms with van der Waals surface area (Å²) in [6.45, 7) is 1.39. The fourth-order valence-electron chi connectivity index (χ4n) is 1.37. The molecule has 1 rings (SSSR count). The summed E-state index contributed by atoms with van der Waals surface area (Å²) < 4.78 is 34.9. The number of hydrogen-bond donors (Lipinski definition) is 0. The van der Waals surface area contributed by atoms with Gasteiger partial charge in [0, 0.05) is 11.7 Å². The van der Waals surface area contributed by atoms with Gasteiger partial charge in [0.05, 0.1) is 5.75 Å². The molecule has 100 valence electrons. The lowest BCUT2D eigenvalue weighted by molar-refractivity contribution is -0.111. The first kappa shape index (κ1) is 15.5. The fourth-order valence-corrected chi connectivity index (χ4v) is 4.44. The number of rotatable bonds is 6. The number of hydrogen-bond acceptors (Lipinski definition) is 5. The fraction of sp³-hybridized carbons (Fsp3) is 0.364.